The first kappa shape index (κ1) is 21.5. The molecular weight excluding hydrogens is 312 g/mol. The predicted molar refractivity (Wildman–Crippen MR) is 84.6 cm³/mol. The van der Waals surface area contributed by atoms with Gasteiger partial charge in [-0.25, -0.2) is 0 Å². The van der Waals surface area contributed by atoms with Crippen LogP contribution in [0.1, 0.15) is 54.4 Å². The fraction of sp³-hybridized carbons (Fsp3) is 0.750. The van der Waals surface area contributed by atoms with E-state index < -0.39 is 22.3 Å². The molecule has 2 unspecified atom stereocenters. The molecule has 0 amide bonds. The number of azo groups is 1. The standard InChI is InChI=1S/C16H24N4O4/c1-13(2,23-11-21)7-15(5,9-17)19-20-16(6,10-18)8-14(3,4)24-12-22/h11-12H,7-8H2,1-6H3. The van der Waals surface area contributed by atoms with Gasteiger partial charge in [-0.05, 0) is 41.5 Å². The average molecular weight is 336 g/mol. The Labute approximate surface area is 142 Å². The minimum atomic E-state index is -1.28. The van der Waals surface area contributed by atoms with Gasteiger partial charge in [-0.15, -0.1) is 0 Å². The van der Waals surface area contributed by atoms with E-state index in [1.807, 2.05) is 12.1 Å². The van der Waals surface area contributed by atoms with Crippen LogP contribution in [0, 0.1) is 22.7 Å². The summed E-state index contributed by atoms with van der Waals surface area (Å²) in [5.41, 5.74) is -4.37. The second kappa shape index (κ2) is 7.87. The predicted octanol–water partition coefficient (Wildman–Crippen LogP) is 2.69. The average Bonchev–Trinajstić information content (AvgIpc) is 2.44. The zero-order valence-corrected chi connectivity index (χ0v) is 15.0. The van der Waals surface area contributed by atoms with Gasteiger partial charge in [0, 0.05) is 12.8 Å². The number of ether oxygens (including phenoxy) is 2. The molecule has 0 aliphatic rings. The summed E-state index contributed by atoms with van der Waals surface area (Å²) >= 11 is 0. The number of rotatable bonds is 10. The van der Waals surface area contributed by atoms with Gasteiger partial charge in [0.05, 0.1) is 12.1 Å². The molecule has 0 aromatic carbocycles. The third-order valence-electron chi connectivity index (χ3n) is 3.25. The second-order valence-electron chi connectivity index (χ2n) is 7.27. The van der Waals surface area contributed by atoms with Crippen LogP contribution in [0.5, 0.6) is 0 Å². The van der Waals surface area contributed by atoms with Crippen LogP contribution >= 0.6 is 0 Å². The summed E-state index contributed by atoms with van der Waals surface area (Å²) in [6.07, 6.45) is 0.211. The Morgan fingerprint density at radius 2 is 1.08 bits per heavy atom. The molecule has 0 spiro atoms. The summed E-state index contributed by atoms with van der Waals surface area (Å²) in [6, 6.07) is 4.05. The van der Waals surface area contributed by atoms with Gasteiger partial charge < -0.3 is 9.47 Å². The molecule has 0 saturated carbocycles. The molecule has 0 aliphatic carbocycles. The van der Waals surface area contributed by atoms with Crippen molar-refractivity contribution in [1.29, 1.82) is 10.5 Å². The van der Waals surface area contributed by atoms with E-state index in [4.69, 9.17) is 9.47 Å². The lowest BCUT2D eigenvalue weighted by molar-refractivity contribution is -0.142. The molecule has 0 aromatic heterocycles. The van der Waals surface area contributed by atoms with Gasteiger partial charge in [-0.2, -0.15) is 20.8 Å². The lowest BCUT2D eigenvalue weighted by Gasteiger charge is -2.30. The molecule has 0 radical (unpaired) electrons. The van der Waals surface area contributed by atoms with E-state index in [1.54, 1.807) is 27.7 Å². The van der Waals surface area contributed by atoms with Crippen molar-refractivity contribution in [3.63, 3.8) is 0 Å². The fourth-order valence-electron chi connectivity index (χ4n) is 2.42. The lowest BCUT2D eigenvalue weighted by Crippen LogP contribution is -2.37. The SMILES string of the molecule is CC(C#N)(CC(C)(C)OC=O)N=NC(C)(C#N)CC(C)(C)OC=O. The molecule has 2 atom stereocenters. The number of carbonyl (C=O) groups is 2. The van der Waals surface area contributed by atoms with Gasteiger partial charge in [-0.3, -0.25) is 9.59 Å². The Kier molecular flexibility index (Phi) is 7.06. The van der Waals surface area contributed by atoms with Gasteiger partial charge in [0.2, 0.25) is 0 Å². The fourth-order valence-corrected chi connectivity index (χ4v) is 2.42. The van der Waals surface area contributed by atoms with Crippen LogP contribution in [-0.2, 0) is 19.1 Å². The van der Waals surface area contributed by atoms with Gasteiger partial charge in [0.1, 0.15) is 11.2 Å². The molecule has 0 N–H and O–H groups in total. The third kappa shape index (κ3) is 7.19. The van der Waals surface area contributed by atoms with Crippen molar-refractivity contribution in [2.45, 2.75) is 76.7 Å². The van der Waals surface area contributed by atoms with E-state index in [0.717, 1.165) is 0 Å². The van der Waals surface area contributed by atoms with Crippen LogP contribution in [0.4, 0.5) is 0 Å². The highest BCUT2D eigenvalue weighted by atomic mass is 16.5. The van der Waals surface area contributed by atoms with Crippen LogP contribution in [0.2, 0.25) is 0 Å². The highest BCUT2D eigenvalue weighted by molar-refractivity contribution is 5.38. The van der Waals surface area contributed by atoms with Crippen molar-refractivity contribution in [2.24, 2.45) is 10.2 Å². The van der Waals surface area contributed by atoms with Gasteiger partial charge in [0.25, 0.3) is 12.9 Å². The number of nitriles is 2. The summed E-state index contributed by atoms with van der Waals surface area (Å²) in [4.78, 5) is 21.1. The zero-order chi connectivity index (χ0) is 19.1. The largest absolute Gasteiger partial charge is 0.462 e. The molecule has 8 nitrogen and oxygen atoms in total. The van der Waals surface area contributed by atoms with E-state index in [-0.39, 0.29) is 12.8 Å². The minimum Gasteiger partial charge on any atom is -0.462 e. The topological polar surface area (TPSA) is 125 Å². The highest BCUT2D eigenvalue weighted by Gasteiger charge is 2.38. The zero-order valence-electron chi connectivity index (χ0n) is 15.0. The molecule has 132 valence electrons. The number of carbonyl (C=O) groups excluding carboxylic acids is 2. The van der Waals surface area contributed by atoms with Crippen LogP contribution in [0.25, 0.3) is 0 Å². The van der Waals surface area contributed by atoms with Gasteiger partial charge in [-0.1, -0.05) is 0 Å². The minimum absolute atomic E-state index is 0.106. The molecule has 8 heteroatoms. The van der Waals surface area contributed by atoms with Crippen LogP contribution < -0.4 is 0 Å². The summed E-state index contributed by atoms with van der Waals surface area (Å²) in [6.45, 7) is 10.3. The Morgan fingerprint density at radius 1 is 0.792 bits per heavy atom. The smallest absolute Gasteiger partial charge is 0.293 e. The number of hydrogen-bond donors (Lipinski definition) is 0. The summed E-state index contributed by atoms with van der Waals surface area (Å²) in [5.74, 6) is 0. The van der Waals surface area contributed by atoms with Crippen molar-refractivity contribution >= 4 is 12.9 Å². The Hall–Kier alpha value is -2.48. The van der Waals surface area contributed by atoms with Crippen LogP contribution in [0.15, 0.2) is 10.2 Å². The maximum atomic E-state index is 10.5. The monoisotopic (exact) mass is 336 g/mol. The first-order valence-electron chi connectivity index (χ1n) is 7.36. The maximum absolute atomic E-state index is 10.5. The first-order chi connectivity index (χ1) is 10.9. The van der Waals surface area contributed by atoms with Crippen molar-refractivity contribution < 1.29 is 19.1 Å². The van der Waals surface area contributed by atoms with Crippen molar-refractivity contribution in [3.8, 4) is 12.1 Å². The number of hydrogen-bond acceptors (Lipinski definition) is 8. The first-order valence-corrected chi connectivity index (χ1v) is 7.36. The van der Waals surface area contributed by atoms with Crippen molar-refractivity contribution in [2.75, 3.05) is 0 Å². The molecule has 24 heavy (non-hydrogen) atoms. The molecule has 0 rings (SSSR count). The van der Waals surface area contributed by atoms with E-state index in [2.05, 4.69) is 10.2 Å². The maximum Gasteiger partial charge on any atom is 0.293 e. The Morgan fingerprint density at radius 3 is 1.29 bits per heavy atom. The summed E-state index contributed by atoms with van der Waals surface area (Å²) in [7, 11) is 0. The quantitative estimate of drug-likeness (QED) is 0.446. The van der Waals surface area contributed by atoms with Crippen molar-refractivity contribution in [3.05, 3.63) is 0 Å². The van der Waals surface area contributed by atoms with Crippen molar-refractivity contribution in [1.82, 2.24) is 0 Å². The van der Waals surface area contributed by atoms with Gasteiger partial charge >= 0.3 is 0 Å². The molecule has 0 heterocycles. The number of nitrogens with zero attached hydrogens (tertiary/aromatic N) is 4. The van der Waals surface area contributed by atoms with E-state index in [1.165, 1.54) is 13.8 Å². The van der Waals surface area contributed by atoms with E-state index in [9.17, 15) is 20.1 Å². The third-order valence-corrected chi connectivity index (χ3v) is 3.25. The van der Waals surface area contributed by atoms with Crippen LogP contribution in [0.3, 0.4) is 0 Å². The molecule has 0 saturated heterocycles. The molecule has 0 bridgehead atoms. The Bertz CT molecular complexity index is 524. The lowest BCUT2D eigenvalue weighted by atomic mass is 9.88. The highest BCUT2D eigenvalue weighted by Crippen LogP contribution is 2.30. The van der Waals surface area contributed by atoms with Crippen LogP contribution in [-0.4, -0.2) is 35.2 Å². The molecular formula is C16H24N4O4. The Balaban J connectivity index is 5.40. The normalized spacial score (nSPS) is 17.0. The summed E-state index contributed by atoms with van der Waals surface area (Å²) < 4.78 is 9.88. The second-order valence-corrected chi connectivity index (χ2v) is 7.27. The van der Waals surface area contributed by atoms with Gasteiger partial charge in [0.15, 0.2) is 11.1 Å². The molecule has 0 aromatic rings. The van der Waals surface area contributed by atoms with E-state index >= 15 is 0 Å². The molecule has 0 fully saturated rings. The molecule has 0 aliphatic heterocycles. The van der Waals surface area contributed by atoms with E-state index in [0.29, 0.717) is 12.9 Å². The summed E-state index contributed by atoms with van der Waals surface area (Å²) in [5, 5.41) is 26.9.